The smallest absolute Gasteiger partial charge is 0.157 e. The number of nitrogens with zero attached hydrogens (tertiary/aromatic N) is 1. The van der Waals surface area contributed by atoms with Crippen LogP contribution >= 0.6 is 11.8 Å². The summed E-state index contributed by atoms with van der Waals surface area (Å²) in [6.07, 6.45) is 5.93. The Morgan fingerprint density at radius 3 is 2.81 bits per heavy atom. The predicted molar refractivity (Wildman–Crippen MR) is 70.9 cm³/mol. The van der Waals surface area contributed by atoms with Gasteiger partial charge in [-0.15, -0.1) is 0 Å². The molecule has 2 aliphatic carbocycles. The van der Waals surface area contributed by atoms with Gasteiger partial charge in [0.1, 0.15) is 0 Å². The Morgan fingerprint density at radius 1 is 1.38 bits per heavy atom. The Balaban J connectivity index is 1.55. The molecule has 3 fully saturated rings. The lowest BCUT2D eigenvalue weighted by molar-refractivity contribution is 0.342. The zero-order valence-corrected chi connectivity index (χ0v) is 11.1. The zero-order chi connectivity index (χ0) is 11.2. The molecular formula is C13H22N2S. The minimum atomic E-state index is 0.248. The summed E-state index contributed by atoms with van der Waals surface area (Å²) in [7, 11) is 0. The number of hydrogen-bond acceptors (Lipinski definition) is 2. The molecule has 1 aliphatic heterocycles. The number of aliphatic imine (C=N–C) groups is 1. The lowest BCUT2D eigenvalue weighted by Crippen LogP contribution is -2.37. The molecule has 0 radical (unpaired) electrons. The van der Waals surface area contributed by atoms with Gasteiger partial charge >= 0.3 is 0 Å². The van der Waals surface area contributed by atoms with Crippen molar-refractivity contribution in [3.05, 3.63) is 0 Å². The quantitative estimate of drug-likeness (QED) is 0.800. The molecule has 0 aromatic heterocycles. The van der Waals surface area contributed by atoms with Gasteiger partial charge < -0.3 is 5.32 Å². The third kappa shape index (κ3) is 2.11. The second-order valence-corrected chi connectivity index (χ2v) is 7.34. The SMILES string of the molecule is CC1(C)CSC(=NCC2CC3CCC2C3)N1. The van der Waals surface area contributed by atoms with Crippen LogP contribution in [0.2, 0.25) is 0 Å². The molecule has 0 aromatic carbocycles. The number of fused-ring (bicyclic) bond motifs is 2. The van der Waals surface area contributed by atoms with Crippen LogP contribution in [0.15, 0.2) is 4.99 Å². The lowest BCUT2D eigenvalue weighted by Gasteiger charge is -2.20. The number of hydrogen-bond donors (Lipinski definition) is 1. The third-order valence-electron chi connectivity index (χ3n) is 4.37. The predicted octanol–water partition coefficient (Wildman–Crippen LogP) is 2.89. The molecule has 3 aliphatic rings. The van der Waals surface area contributed by atoms with Gasteiger partial charge in [0, 0.05) is 17.8 Å². The van der Waals surface area contributed by atoms with Crippen molar-refractivity contribution < 1.29 is 0 Å². The van der Waals surface area contributed by atoms with E-state index in [0.29, 0.717) is 0 Å². The summed E-state index contributed by atoms with van der Waals surface area (Å²) in [6.45, 7) is 5.58. The van der Waals surface area contributed by atoms with Gasteiger partial charge in [-0.1, -0.05) is 18.2 Å². The highest BCUT2D eigenvalue weighted by atomic mass is 32.2. The van der Waals surface area contributed by atoms with Crippen molar-refractivity contribution in [2.75, 3.05) is 12.3 Å². The summed E-state index contributed by atoms with van der Waals surface area (Å²) in [6, 6.07) is 0. The van der Waals surface area contributed by atoms with Gasteiger partial charge in [-0.2, -0.15) is 0 Å². The Kier molecular flexibility index (Phi) is 2.69. The average molecular weight is 238 g/mol. The van der Waals surface area contributed by atoms with Crippen molar-refractivity contribution >= 4 is 16.9 Å². The fourth-order valence-corrected chi connectivity index (χ4v) is 4.58. The molecule has 3 atom stereocenters. The van der Waals surface area contributed by atoms with Gasteiger partial charge in [-0.25, -0.2) is 0 Å². The van der Waals surface area contributed by atoms with Crippen molar-refractivity contribution in [2.24, 2.45) is 22.7 Å². The first-order valence-electron chi connectivity index (χ1n) is 6.58. The first-order chi connectivity index (χ1) is 7.62. The van der Waals surface area contributed by atoms with E-state index in [0.717, 1.165) is 30.1 Å². The standard InChI is InChI=1S/C13H22N2S/c1-13(2)8-16-12(15-13)14-7-11-6-9-3-4-10(11)5-9/h9-11H,3-8H2,1-2H3,(H,14,15). The molecule has 1 heterocycles. The van der Waals surface area contributed by atoms with E-state index in [2.05, 4.69) is 19.2 Å². The van der Waals surface area contributed by atoms with Crippen molar-refractivity contribution in [2.45, 2.75) is 45.1 Å². The van der Waals surface area contributed by atoms with Crippen LogP contribution in [0.25, 0.3) is 0 Å². The van der Waals surface area contributed by atoms with E-state index in [4.69, 9.17) is 4.99 Å². The van der Waals surface area contributed by atoms with Gasteiger partial charge in [0.2, 0.25) is 0 Å². The minimum absolute atomic E-state index is 0.248. The molecule has 90 valence electrons. The number of amidine groups is 1. The normalized spacial score (nSPS) is 42.9. The van der Waals surface area contributed by atoms with Gasteiger partial charge in [-0.05, 0) is 50.9 Å². The molecule has 2 saturated carbocycles. The van der Waals surface area contributed by atoms with Crippen LogP contribution < -0.4 is 5.32 Å². The number of nitrogens with one attached hydrogen (secondary N) is 1. The molecule has 16 heavy (non-hydrogen) atoms. The van der Waals surface area contributed by atoms with E-state index in [1.165, 1.54) is 30.9 Å². The molecule has 2 nitrogen and oxygen atoms in total. The zero-order valence-electron chi connectivity index (χ0n) is 10.3. The van der Waals surface area contributed by atoms with Crippen LogP contribution in [0.1, 0.15) is 39.5 Å². The monoisotopic (exact) mass is 238 g/mol. The van der Waals surface area contributed by atoms with Gasteiger partial charge in [0.15, 0.2) is 5.17 Å². The summed E-state index contributed by atoms with van der Waals surface area (Å²) >= 11 is 1.89. The molecule has 1 N–H and O–H groups in total. The Bertz CT molecular complexity index is 311. The van der Waals surface area contributed by atoms with Gasteiger partial charge in [0.05, 0.1) is 0 Å². The van der Waals surface area contributed by atoms with Gasteiger partial charge in [0.25, 0.3) is 0 Å². The topological polar surface area (TPSA) is 24.4 Å². The van der Waals surface area contributed by atoms with Crippen LogP contribution in [0.4, 0.5) is 0 Å². The van der Waals surface area contributed by atoms with Gasteiger partial charge in [-0.3, -0.25) is 4.99 Å². The number of rotatable bonds is 2. The van der Waals surface area contributed by atoms with E-state index < -0.39 is 0 Å². The summed E-state index contributed by atoms with van der Waals surface area (Å²) < 4.78 is 0. The first kappa shape index (κ1) is 10.9. The van der Waals surface area contributed by atoms with Crippen LogP contribution in [0.5, 0.6) is 0 Å². The Labute approximate surface area is 103 Å². The maximum absolute atomic E-state index is 4.79. The molecule has 3 unspecified atom stereocenters. The van der Waals surface area contributed by atoms with E-state index in [9.17, 15) is 0 Å². The van der Waals surface area contributed by atoms with E-state index in [-0.39, 0.29) is 5.54 Å². The maximum Gasteiger partial charge on any atom is 0.157 e. The summed E-state index contributed by atoms with van der Waals surface area (Å²) in [5, 5.41) is 4.70. The Morgan fingerprint density at radius 2 is 2.25 bits per heavy atom. The van der Waals surface area contributed by atoms with Crippen molar-refractivity contribution in [3.8, 4) is 0 Å². The maximum atomic E-state index is 4.79. The molecule has 2 bridgehead atoms. The van der Waals surface area contributed by atoms with E-state index in [1.807, 2.05) is 11.8 Å². The van der Waals surface area contributed by atoms with E-state index >= 15 is 0 Å². The third-order valence-corrected chi connectivity index (χ3v) is 5.74. The Hall–Kier alpha value is -0.180. The van der Waals surface area contributed by atoms with Crippen LogP contribution in [0.3, 0.4) is 0 Å². The highest BCUT2D eigenvalue weighted by Gasteiger charge is 2.39. The summed E-state index contributed by atoms with van der Waals surface area (Å²) in [4.78, 5) is 4.79. The average Bonchev–Trinajstić information content (AvgIpc) is 2.89. The van der Waals surface area contributed by atoms with Crippen LogP contribution in [-0.2, 0) is 0 Å². The molecule has 0 spiro atoms. The summed E-state index contributed by atoms with van der Waals surface area (Å²) in [5.74, 6) is 4.12. The molecule has 0 amide bonds. The second kappa shape index (κ2) is 3.94. The first-order valence-corrected chi connectivity index (χ1v) is 7.56. The molecule has 3 rings (SSSR count). The van der Waals surface area contributed by atoms with Crippen molar-refractivity contribution in [1.82, 2.24) is 5.32 Å². The van der Waals surface area contributed by atoms with Crippen LogP contribution in [0, 0.1) is 17.8 Å². The second-order valence-electron chi connectivity index (χ2n) is 6.38. The summed E-state index contributed by atoms with van der Waals surface area (Å²) in [5.41, 5.74) is 0.248. The highest BCUT2D eigenvalue weighted by Crippen LogP contribution is 2.48. The molecular weight excluding hydrogens is 216 g/mol. The van der Waals surface area contributed by atoms with Crippen molar-refractivity contribution in [1.29, 1.82) is 0 Å². The lowest BCUT2D eigenvalue weighted by atomic mass is 9.89. The fourth-order valence-electron chi connectivity index (χ4n) is 3.50. The number of thioether (sulfide) groups is 1. The molecule has 3 heteroatoms. The molecule has 0 aromatic rings. The van der Waals surface area contributed by atoms with Crippen molar-refractivity contribution in [3.63, 3.8) is 0 Å². The van der Waals surface area contributed by atoms with E-state index in [1.54, 1.807) is 0 Å². The molecule has 1 saturated heterocycles. The fraction of sp³-hybridized carbons (Fsp3) is 0.923. The highest BCUT2D eigenvalue weighted by molar-refractivity contribution is 8.14. The largest absolute Gasteiger partial charge is 0.359 e. The minimum Gasteiger partial charge on any atom is -0.359 e. The van der Waals surface area contributed by atoms with Crippen LogP contribution in [-0.4, -0.2) is 23.0 Å².